The molecule has 0 saturated carbocycles. The highest BCUT2D eigenvalue weighted by Crippen LogP contribution is 2.03. The molecule has 0 spiro atoms. The monoisotopic (exact) mass is 230 g/mol. The minimum Gasteiger partial charge on any atom is -0.394 e. The van der Waals surface area contributed by atoms with Crippen LogP contribution in [-0.4, -0.2) is 61.4 Å². The number of ether oxygens (including phenoxy) is 1. The molecule has 1 saturated heterocycles. The second-order valence-electron chi connectivity index (χ2n) is 4.61. The minimum atomic E-state index is -0.147. The number of hydrogen-bond donors (Lipinski definition) is 2. The van der Waals surface area contributed by atoms with Crippen LogP contribution in [0.25, 0.3) is 0 Å². The second kappa shape index (κ2) is 6.83. The second-order valence-corrected chi connectivity index (χ2v) is 4.61. The van der Waals surface area contributed by atoms with E-state index in [9.17, 15) is 4.79 Å². The maximum Gasteiger partial charge on any atom is 0.234 e. The average molecular weight is 230 g/mol. The molecule has 1 atom stereocenters. The molecule has 1 amide bonds. The Morgan fingerprint density at radius 1 is 1.62 bits per heavy atom. The number of morpholine rings is 1. The van der Waals surface area contributed by atoms with Crippen LogP contribution in [0, 0.1) is 5.92 Å². The maximum absolute atomic E-state index is 11.6. The first-order valence-electron chi connectivity index (χ1n) is 5.83. The number of nitrogens with one attached hydrogen (secondary N) is 1. The summed E-state index contributed by atoms with van der Waals surface area (Å²) in [4.78, 5) is 13.6. The van der Waals surface area contributed by atoms with Gasteiger partial charge in [-0.05, 0) is 5.92 Å². The van der Waals surface area contributed by atoms with Crippen LogP contribution in [0.4, 0.5) is 0 Å². The number of nitrogens with zero attached hydrogens (tertiary/aromatic N) is 1. The average Bonchev–Trinajstić information content (AvgIpc) is 2.26. The van der Waals surface area contributed by atoms with Crippen LogP contribution in [-0.2, 0) is 9.53 Å². The van der Waals surface area contributed by atoms with Crippen molar-refractivity contribution in [2.45, 2.75) is 20.0 Å². The lowest BCUT2D eigenvalue weighted by Crippen LogP contribution is -2.48. The highest BCUT2D eigenvalue weighted by Gasteiger charge is 2.21. The van der Waals surface area contributed by atoms with Crippen LogP contribution in [0.3, 0.4) is 0 Å². The Hall–Kier alpha value is -0.650. The molecule has 5 nitrogen and oxygen atoms in total. The van der Waals surface area contributed by atoms with Crippen molar-refractivity contribution < 1.29 is 14.6 Å². The van der Waals surface area contributed by atoms with Crippen molar-refractivity contribution in [1.29, 1.82) is 0 Å². The molecule has 0 bridgehead atoms. The van der Waals surface area contributed by atoms with Gasteiger partial charge in [0.05, 0.1) is 25.9 Å². The largest absolute Gasteiger partial charge is 0.394 e. The summed E-state index contributed by atoms with van der Waals surface area (Å²) in [6, 6.07) is 0. The van der Waals surface area contributed by atoms with Gasteiger partial charge in [0, 0.05) is 19.6 Å². The number of amides is 1. The lowest BCUT2D eigenvalue weighted by atomic mass is 10.2. The van der Waals surface area contributed by atoms with E-state index >= 15 is 0 Å². The fraction of sp³-hybridized carbons (Fsp3) is 0.909. The molecule has 0 aliphatic carbocycles. The van der Waals surface area contributed by atoms with Crippen molar-refractivity contribution in [2.24, 2.45) is 5.92 Å². The van der Waals surface area contributed by atoms with Gasteiger partial charge in [-0.15, -0.1) is 0 Å². The summed E-state index contributed by atoms with van der Waals surface area (Å²) in [6.07, 6.45) is -0.147. The van der Waals surface area contributed by atoms with Gasteiger partial charge in [-0.1, -0.05) is 13.8 Å². The highest BCUT2D eigenvalue weighted by atomic mass is 16.5. The van der Waals surface area contributed by atoms with E-state index in [0.29, 0.717) is 32.2 Å². The quantitative estimate of drug-likeness (QED) is 0.665. The van der Waals surface area contributed by atoms with Crippen molar-refractivity contribution in [2.75, 3.05) is 39.4 Å². The van der Waals surface area contributed by atoms with Gasteiger partial charge in [-0.2, -0.15) is 0 Å². The Morgan fingerprint density at radius 2 is 2.38 bits per heavy atom. The van der Waals surface area contributed by atoms with Crippen molar-refractivity contribution in [3.63, 3.8) is 0 Å². The molecule has 0 radical (unpaired) electrons. The summed E-state index contributed by atoms with van der Waals surface area (Å²) < 4.78 is 5.31. The summed E-state index contributed by atoms with van der Waals surface area (Å²) in [7, 11) is 0. The van der Waals surface area contributed by atoms with Crippen molar-refractivity contribution >= 4 is 5.91 Å². The van der Waals surface area contributed by atoms with E-state index in [2.05, 4.69) is 19.2 Å². The molecule has 2 N–H and O–H groups in total. The Morgan fingerprint density at radius 3 is 3.00 bits per heavy atom. The summed E-state index contributed by atoms with van der Waals surface area (Å²) in [5.74, 6) is 0.520. The zero-order valence-corrected chi connectivity index (χ0v) is 10.1. The van der Waals surface area contributed by atoms with Gasteiger partial charge in [-0.3, -0.25) is 9.69 Å². The summed E-state index contributed by atoms with van der Waals surface area (Å²) in [5.41, 5.74) is 0. The van der Waals surface area contributed by atoms with Gasteiger partial charge < -0.3 is 15.2 Å². The first kappa shape index (κ1) is 13.4. The first-order valence-corrected chi connectivity index (χ1v) is 5.83. The third-order valence-electron chi connectivity index (χ3n) is 2.50. The molecule has 5 heteroatoms. The normalized spacial score (nSPS) is 22.4. The van der Waals surface area contributed by atoms with E-state index in [4.69, 9.17) is 9.84 Å². The number of carbonyl (C=O) groups excluding carboxylic acids is 1. The number of rotatable bonds is 5. The Bertz CT molecular complexity index is 221. The topological polar surface area (TPSA) is 61.8 Å². The summed E-state index contributed by atoms with van der Waals surface area (Å²) in [6.45, 7) is 7.23. The predicted octanol–water partition coefficient (Wildman–Crippen LogP) is -0.548. The van der Waals surface area contributed by atoms with Gasteiger partial charge in [0.1, 0.15) is 0 Å². The smallest absolute Gasteiger partial charge is 0.234 e. The van der Waals surface area contributed by atoms with Gasteiger partial charge in [0.2, 0.25) is 5.91 Å². The van der Waals surface area contributed by atoms with E-state index in [-0.39, 0.29) is 18.6 Å². The van der Waals surface area contributed by atoms with E-state index in [0.717, 1.165) is 6.54 Å². The van der Waals surface area contributed by atoms with E-state index < -0.39 is 0 Å². The molecule has 1 heterocycles. The Labute approximate surface area is 96.8 Å². The zero-order chi connectivity index (χ0) is 12.0. The molecular formula is C11H22N2O3. The van der Waals surface area contributed by atoms with Crippen LogP contribution in [0.1, 0.15) is 13.8 Å². The van der Waals surface area contributed by atoms with Crippen molar-refractivity contribution in [3.8, 4) is 0 Å². The van der Waals surface area contributed by atoms with E-state index in [1.807, 2.05) is 4.90 Å². The zero-order valence-electron chi connectivity index (χ0n) is 10.1. The summed E-state index contributed by atoms with van der Waals surface area (Å²) in [5, 5.41) is 11.8. The first-order chi connectivity index (χ1) is 7.61. The van der Waals surface area contributed by atoms with Crippen LogP contribution >= 0.6 is 0 Å². The molecule has 0 aromatic carbocycles. The Balaban J connectivity index is 2.22. The number of aliphatic hydroxyl groups excluding tert-OH is 1. The van der Waals surface area contributed by atoms with Crippen LogP contribution in [0.2, 0.25) is 0 Å². The standard InChI is InChI=1S/C11H22N2O3/c1-9(2)5-12-11(15)7-13-3-4-16-10(6-13)8-14/h9-10,14H,3-8H2,1-2H3,(H,12,15). The summed E-state index contributed by atoms with van der Waals surface area (Å²) >= 11 is 0. The molecule has 1 aliphatic heterocycles. The fourth-order valence-corrected chi connectivity index (χ4v) is 1.61. The maximum atomic E-state index is 11.6. The minimum absolute atomic E-state index is 0.0180. The molecule has 1 fully saturated rings. The fourth-order valence-electron chi connectivity index (χ4n) is 1.61. The lowest BCUT2D eigenvalue weighted by Gasteiger charge is -2.31. The van der Waals surface area contributed by atoms with Crippen molar-refractivity contribution in [3.05, 3.63) is 0 Å². The molecule has 0 aromatic heterocycles. The van der Waals surface area contributed by atoms with Crippen molar-refractivity contribution in [1.82, 2.24) is 10.2 Å². The molecule has 1 unspecified atom stereocenters. The van der Waals surface area contributed by atoms with Gasteiger partial charge in [-0.25, -0.2) is 0 Å². The molecule has 1 aliphatic rings. The Kier molecular flexibility index (Phi) is 5.73. The molecule has 1 rings (SSSR count). The van der Waals surface area contributed by atoms with Crippen LogP contribution in [0.5, 0.6) is 0 Å². The molecule has 94 valence electrons. The van der Waals surface area contributed by atoms with Crippen LogP contribution < -0.4 is 5.32 Å². The molecule has 16 heavy (non-hydrogen) atoms. The number of hydrogen-bond acceptors (Lipinski definition) is 4. The third kappa shape index (κ3) is 4.92. The SMILES string of the molecule is CC(C)CNC(=O)CN1CCOC(CO)C1. The molecular weight excluding hydrogens is 208 g/mol. The van der Waals surface area contributed by atoms with Gasteiger partial charge >= 0.3 is 0 Å². The highest BCUT2D eigenvalue weighted by molar-refractivity contribution is 5.78. The third-order valence-corrected chi connectivity index (χ3v) is 2.50. The van der Waals surface area contributed by atoms with E-state index in [1.54, 1.807) is 0 Å². The number of carbonyl (C=O) groups is 1. The van der Waals surface area contributed by atoms with Gasteiger partial charge in [0.15, 0.2) is 0 Å². The molecule has 0 aromatic rings. The predicted molar refractivity (Wildman–Crippen MR) is 61.1 cm³/mol. The number of aliphatic hydroxyl groups is 1. The van der Waals surface area contributed by atoms with Gasteiger partial charge in [0.25, 0.3) is 0 Å². The van der Waals surface area contributed by atoms with E-state index in [1.165, 1.54) is 0 Å². The lowest BCUT2D eigenvalue weighted by molar-refractivity contribution is -0.125. The van der Waals surface area contributed by atoms with Crippen LogP contribution in [0.15, 0.2) is 0 Å².